The lowest BCUT2D eigenvalue weighted by Gasteiger charge is -2.22. The summed E-state index contributed by atoms with van der Waals surface area (Å²) in [5.74, 6) is -1.03. The molecule has 0 aliphatic heterocycles. The minimum Gasteiger partial charge on any atom is -0.492 e. The Hall–Kier alpha value is -3.63. The monoisotopic (exact) mass is 587 g/mol. The summed E-state index contributed by atoms with van der Waals surface area (Å²) >= 11 is 1.74. The van der Waals surface area contributed by atoms with Crippen LogP contribution in [0.3, 0.4) is 0 Å². The number of carbonyl (C=O) groups is 2. The van der Waals surface area contributed by atoms with Crippen molar-refractivity contribution in [1.82, 2.24) is 4.90 Å². The molecule has 1 N–H and O–H groups in total. The van der Waals surface area contributed by atoms with Gasteiger partial charge in [0.05, 0.1) is 6.54 Å². The number of carboxylic acid groups (broad SMARTS) is 1. The first kappa shape index (κ1) is 31.9. The summed E-state index contributed by atoms with van der Waals surface area (Å²) in [6.45, 7) is 2.60. The molecule has 0 fully saturated rings. The molecule has 0 aromatic heterocycles. The van der Waals surface area contributed by atoms with Gasteiger partial charge in [0, 0.05) is 36.1 Å². The Morgan fingerprint density at radius 3 is 2.41 bits per heavy atom. The first-order valence-corrected chi connectivity index (χ1v) is 14.4. The number of halogens is 2. The molecule has 0 aliphatic rings. The van der Waals surface area contributed by atoms with Crippen molar-refractivity contribution in [2.24, 2.45) is 0 Å². The number of hydrogen-bond donors (Lipinski definition) is 1. The lowest BCUT2D eigenvalue weighted by atomic mass is 10.1. The Labute approximate surface area is 243 Å². The van der Waals surface area contributed by atoms with E-state index in [4.69, 9.17) is 14.2 Å². The molecule has 0 bridgehead atoms. The largest absolute Gasteiger partial charge is 0.492 e. The Kier molecular flexibility index (Phi) is 13.4. The Bertz CT molecular complexity index is 1230. The highest BCUT2D eigenvalue weighted by molar-refractivity contribution is 7.99. The van der Waals surface area contributed by atoms with E-state index in [1.165, 1.54) is 15.9 Å². The number of carbonyl (C=O) groups excluding carboxylic acids is 1. The highest BCUT2D eigenvalue weighted by atomic mass is 32.2. The number of nitrogens with zero attached hydrogens (tertiary/aromatic N) is 1. The summed E-state index contributed by atoms with van der Waals surface area (Å²) in [6, 6.07) is 20.2. The first-order valence-electron chi connectivity index (χ1n) is 13.4. The summed E-state index contributed by atoms with van der Waals surface area (Å²) in [4.78, 5) is 26.9. The molecule has 220 valence electrons. The predicted molar refractivity (Wildman–Crippen MR) is 153 cm³/mol. The molecule has 10 heteroatoms. The number of benzene rings is 3. The second-order valence-corrected chi connectivity index (χ2v) is 10.3. The zero-order chi connectivity index (χ0) is 29.5. The zero-order valence-corrected chi connectivity index (χ0v) is 23.8. The van der Waals surface area contributed by atoms with Crippen LogP contribution in [-0.4, -0.2) is 60.2 Å². The topological polar surface area (TPSA) is 85.3 Å². The standard InChI is InChI=1S/C31H35F2NO6S/c1-2-38-29(30(35)36)20-23-10-14-26(15-11-23)39-18-17-34(16-6-7-19-41-27-8-4-3-5-9-27)31(37)40-22-24-12-13-25(32)21-28(24)33/h3-5,8-15,21,29H,2,6-7,16-20,22H2,1H3,(H,35,36). The van der Waals surface area contributed by atoms with Gasteiger partial charge in [-0.05, 0) is 67.5 Å². The normalized spacial score (nSPS) is 11.6. The molecular weight excluding hydrogens is 552 g/mol. The molecule has 41 heavy (non-hydrogen) atoms. The van der Waals surface area contributed by atoms with Crippen LogP contribution >= 0.6 is 11.8 Å². The molecule has 1 unspecified atom stereocenters. The Morgan fingerprint density at radius 1 is 0.976 bits per heavy atom. The minimum absolute atomic E-state index is 0.0878. The van der Waals surface area contributed by atoms with Crippen molar-refractivity contribution in [3.05, 3.63) is 95.6 Å². The van der Waals surface area contributed by atoms with Crippen molar-refractivity contribution < 1.29 is 37.7 Å². The lowest BCUT2D eigenvalue weighted by Crippen LogP contribution is -2.36. The smallest absolute Gasteiger partial charge is 0.410 e. The summed E-state index contributed by atoms with van der Waals surface area (Å²) in [7, 11) is 0. The van der Waals surface area contributed by atoms with E-state index in [9.17, 15) is 23.5 Å². The van der Waals surface area contributed by atoms with Gasteiger partial charge in [-0.3, -0.25) is 0 Å². The molecule has 0 heterocycles. The van der Waals surface area contributed by atoms with Crippen LogP contribution < -0.4 is 4.74 Å². The van der Waals surface area contributed by atoms with Crippen LogP contribution in [0, 0.1) is 11.6 Å². The zero-order valence-electron chi connectivity index (χ0n) is 23.0. The van der Waals surface area contributed by atoms with Crippen LogP contribution in [-0.2, 0) is 27.3 Å². The highest BCUT2D eigenvalue weighted by Gasteiger charge is 2.18. The van der Waals surface area contributed by atoms with E-state index in [-0.39, 0.29) is 31.7 Å². The van der Waals surface area contributed by atoms with Crippen LogP contribution in [0.1, 0.15) is 30.9 Å². The van der Waals surface area contributed by atoms with Crippen molar-refractivity contribution in [3.63, 3.8) is 0 Å². The van der Waals surface area contributed by atoms with Gasteiger partial charge >= 0.3 is 12.1 Å². The second-order valence-electron chi connectivity index (χ2n) is 9.12. The maximum absolute atomic E-state index is 14.0. The maximum Gasteiger partial charge on any atom is 0.410 e. The highest BCUT2D eigenvalue weighted by Crippen LogP contribution is 2.19. The van der Waals surface area contributed by atoms with Gasteiger partial charge in [0.15, 0.2) is 6.10 Å². The number of rotatable bonds is 17. The number of thioether (sulfide) groups is 1. The number of aliphatic carboxylic acids is 1. The molecule has 3 aromatic rings. The summed E-state index contributed by atoms with van der Waals surface area (Å²) in [5, 5.41) is 9.28. The molecule has 3 rings (SSSR count). The molecule has 0 saturated carbocycles. The quantitative estimate of drug-likeness (QED) is 0.141. The van der Waals surface area contributed by atoms with E-state index in [2.05, 4.69) is 12.1 Å². The molecule has 1 amide bonds. The third kappa shape index (κ3) is 11.4. The van der Waals surface area contributed by atoms with Crippen LogP contribution in [0.2, 0.25) is 0 Å². The van der Waals surface area contributed by atoms with E-state index in [0.717, 1.165) is 36.3 Å². The Morgan fingerprint density at radius 2 is 1.73 bits per heavy atom. The molecule has 1 atom stereocenters. The van der Waals surface area contributed by atoms with Gasteiger partial charge in [0.25, 0.3) is 0 Å². The fraction of sp³-hybridized carbons (Fsp3) is 0.355. The van der Waals surface area contributed by atoms with Gasteiger partial charge in [0.2, 0.25) is 0 Å². The number of hydrogen-bond acceptors (Lipinski definition) is 6. The van der Waals surface area contributed by atoms with Gasteiger partial charge in [-0.1, -0.05) is 30.3 Å². The van der Waals surface area contributed by atoms with Crippen molar-refractivity contribution in [2.75, 3.05) is 32.1 Å². The second kappa shape index (κ2) is 17.2. The van der Waals surface area contributed by atoms with Crippen molar-refractivity contribution in [2.45, 2.75) is 43.8 Å². The third-order valence-electron chi connectivity index (χ3n) is 6.08. The molecule has 0 radical (unpaired) electrons. The molecule has 0 spiro atoms. The average Bonchev–Trinajstić information content (AvgIpc) is 2.96. The third-order valence-corrected chi connectivity index (χ3v) is 7.17. The van der Waals surface area contributed by atoms with E-state index in [1.54, 1.807) is 43.0 Å². The SMILES string of the molecule is CCOC(Cc1ccc(OCCN(CCCCSc2ccccc2)C(=O)OCc2ccc(F)cc2F)cc1)C(=O)O. The van der Waals surface area contributed by atoms with Crippen molar-refractivity contribution >= 4 is 23.8 Å². The van der Waals surface area contributed by atoms with Crippen molar-refractivity contribution in [1.29, 1.82) is 0 Å². The molecule has 0 aliphatic carbocycles. The van der Waals surface area contributed by atoms with E-state index < -0.39 is 29.8 Å². The lowest BCUT2D eigenvalue weighted by molar-refractivity contribution is -0.149. The van der Waals surface area contributed by atoms with Crippen LogP contribution in [0.4, 0.5) is 13.6 Å². The summed E-state index contributed by atoms with van der Waals surface area (Å²) in [5.41, 5.74) is 0.884. The summed E-state index contributed by atoms with van der Waals surface area (Å²) in [6.07, 6.45) is 0.316. The predicted octanol–water partition coefficient (Wildman–Crippen LogP) is 6.59. The number of unbranched alkanes of at least 4 members (excludes halogenated alkanes) is 1. The first-order chi connectivity index (χ1) is 19.9. The number of ether oxygens (including phenoxy) is 3. The fourth-order valence-electron chi connectivity index (χ4n) is 3.90. The van der Waals surface area contributed by atoms with Crippen LogP contribution in [0.25, 0.3) is 0 Å². The van der Waals surface area contributed by atoms with Crippen LogP contribution in [0.15, 0.2) is 77.7 Å². The van der Waals surface area contributed by atoms with E-state index in [1.807, 2.05) is 18.2 Å². The summed E-state index contributed by atoms with van der Waals surface area (Å²) < 4.78 is 43.6. The average molecular weight is 588 g/mol. The molecule has 0 saturated heterocycles. The Balaban J connectivity index is 1.51. The molecule has 7 nitrogen and oxygen atoms in total. The number of amides is 1. The maximum atomic E-state index is 14.0. The minimum atomic E-state index is -1.01. The van der Waals surface area contributed by atoms with Gasteiger partial charge in [0.1, 0.15) is 30.6 Å². The molecular formula is C31H35F2NO6S. The van der Waals surface area contributed by atoms with Crippen LogP contribution in [0.5, 0.6) is 5.75 Å². The van der Waals surface area contributed by atoms with Gasteiger partial charge < -0.3 is 24.2 Å². The number of carboxylic acids is 1. The van der Waals surface area contributed by atoms with E-state index in [0.29, 0.717) is 18.9 Å². The fourth-order valence-corrected chi connectivity index (χ4v) is 4.84. The van der Waals surface area contributed by atoms with Gasteiger partial charge in [-0.2, -0.15) is 0 Å². The van der Waals surface area contributed by atoms with Gasteiger partial charge in [-0.25, -0.2) is 18.4 Å². The van der Waals surface area contributed by atoms with Gasteiger partial charge in [-0.15, -0.1) is 11.8 Å². The van der Waals surface area contributed by atoms with Crippen molar-refractivity contribution in [3.8, 4) is 5.75 Å². The molecule has 3 aromatic carbocycles. The van der Waals surface area contributed by atoms with E-state index >= 15 is 0 Å².